The quantitative estimate of drug-likeness (QED) is 0.353. The first-order chi connectivity index (χ1) is 19.2. The van der Waals surface area contributed by atoms with Gasteiger partial charge in [-0.15, -0.1) is 0 Å². The van der Waals surface area contributed by atoms with Crippen LogP contribution in [0.4, 0.5) is 8.78 Å². The molecule has 3 heterocycles. The van der Waals surface area contributed by atoms with Crippen molar-refractivity contribution in [2.45, 2.75) is 32.2 Å². The lowest BCUT2D eigenvalue weighted by molar-refractivity contribution is -0.132. The molecule has 0 amide bonds. The number of thiazole rings is 1. The van der Waals surface area contributed by atoms with Crippen molar-refractivity contribution in [3.8, 4) is 17.2 Å². The van der Waals surface area contributed by atoms with E-state index in [0.29, 0.717) is 32.0 Å². The molecule has 7 nitrogen and oxygen atoms in total. The molecule has 1 aromatic heterocycles. The number of hydrogen-bond donors (Lipinski definition) is 0. The molecule has 0 spiro atoms. The normalized spacial score (nSPS) is 21.1. The van der Waals surface area contributed by atoms with Gasteiger partial charge in [0.15, 0.2) is 16.4 Å². The van der Waals surface area contributed by atoms with Gasteiger partial charge in [0, 0.05) is 17.2 Å². The Morgan fingerprint density at radius 3 is 2.67 bits per heavy atom. The van der Waals surface area contributed by atoms with E-state index in [0.717, 1.165) is 17.7 Å². The van der Waals surface area contributed by atoms with E-state index in [9.17, 15) is 18.4 Å². The van der Waals surface area contributed by atoms with Crippen molar-refractivity contribution in [1.29, 1.82) is 0 Å². The summed E-state index contributed by atoms with van der Waals surface area (Å²) in [5.41, 5.74) is 0.651. The Hall–Kier alpha value is -4.31. The summed E-state index contributed by atoms with van der Waals surface area (Å²) < 4.78 is 46.6. The van der Waals surface area contributed by atoms with Crippen LogP contribution in [0.15, 0.2) is 70.5 Å². The minimum absolute atomic E-state index is 0.0441. The first-order valence-electron chi connectivity index (χ1n) is 12.5. The molecule has 0 N–H and O–H groups in total. The van der Waals surface area contributed by atoms with Crippen LogP contribution < -0.4 is 29.1 Å². The molecule has 204 valence electrons. The third kappa shape index (κ3) is 4.28. The average Bonchev–Trinajstić information content (AvgIpc) is 3.20. The van der Waals surface area contributed by atoms with Gasteiger partial charge in [0.2, 0.25) is 5.72 Å². The summed E-state index contributed by atoms with van der Waals surface area (Å²) in [6, 6.07) is 15.2. The highest BCUT2D eigenvalue weighted by atomic mass is 32.1. The largest absolute Gasteiger partial charge is 0.496 e. The molecule has 0 saturated heterocycles. The molecule has 0 fully saturated rings. The van der Waals surface area contributed by atoms with Crippen molar-refractivity contribution < 1.29 is 27.8 Å². The van der Waals surface area contributed by atoms with E-state index in [4.69, 9.17) is 19.2 Å². The van der Waals surface area contributed by atoms with Crippen LogP contribution >= 0.6 is 11.3 Å². The molecular weight excluding hydrogens is 538 g/mol. The van der Waals surface area contributed by atoms with Gasteiger partial charge in [-0.25, -0.2) is 13.8 Å². The van der Waals surface area contributed by atoms with E-state index in [1.54, 1.807) is 35.8 Å². The van der Waals surface area contributed by atoms with Gasteiger partial charge in [-0.2, -0.15) is 0 Å². The summed E-state index contributed by atoms with van der Waals surface area (Å²) in [5.74, 6) is -1.26. The number of hydrogen-bond acceptors (Lipinski definition) is 7. The predicted molar refractivity (Wildman–Crippen MR) is 144 cm³/mol. The molecule has 4 aromatic rings. The lowest BCUT2D eigenvalue weighted by Gasteiger charge is -2.45. The summed E-state index contributed by atoms with van der Waals surface area (Å²) >= 11 is 1.22. The third-order valence-electron chi connectivity index (χ3n) is 7.20. The van der Waals surface area contributed by atoms with Crippen LogP contribution in [0.25, 0.3) is 6.08 Å². The van der Waals surface area contributed by atoms with Crippen molar-refractivity contribution in [2.24, 2.45) is 10.9 Å². The highest BCUT2D eigenvalue weighted by Gasteiger charge is 2.53. The number of Topliss-reactive ketones (excluding diaryl/α,β-unsaturated/α-hetero) is 1. The molecular formula is C30H24F2N2O5S. The highest BCUT2D eigenvalue weighted by molar-refractivity contribution is 7.07. The number of carbonyl (C=O) groups excluding carboxylic acids is 1. The molecule has 2 bridgehead atoms. The van der Waals surface area contributed by atoms with E-state index >= 15 is 0 Å². The number of para-hydroxylation sites is 1. The number of fused-ring (bicyclic) bond motifs is 6. The lowest BCUT2D eigenvalue weighted by atomic mass is 9.79. The van der Waals surface area contributed by atoms with E-state index in [-0.39, 0.29) is 23.7 Å². The monoisotopic (exact) mass is 562 g/mol. The summed E-state index contributed by atoms with van der Waals surface area (Å²) in [5, 5.41) is 0. The predicted octanol–water partition coefficient (Wildman–Crippen LogP) is 4.14. The number of carbonyl (C=O) groups is 1. The minimum Gasteiger partial charge on any atom is -0.496 e. The zero-order valence-corrected chi connectivity index (χ0v) is 22.6. The molecule has 3 aromatic carbocycles. The third-order valence-corrected chi connectivity index (χ3v) is 8.18. The Morgan fingerprint density at radius 1 is 1.15 bits per heavy atom. The molecule has 2 aliphatic rings. The molecule has 0 aliphatic carbocycles. The Bertz CT molecular complexity index is 1850. The fourth-order valence-electron chi connectivity index (χ4n) is 5.46. The van der Waals surface area contributed by atoms with Gasteiger partial charge in [0.05, 0.1) is 17.7 Å². The van der Waals surface area contributed by atoms with Gasteiger partial charge in [0.1, 0.15) is 35.6 Å². The first kappa shape index (κ1) is 25.9. The van der Waals surface area contributed by atoms with Crippen molar-refractivity contribution in [3.05, 3.63) is 109 Å². The lowest BCUT2D eigenvalue weighted by Crippen LogP contribution is -2.58. The first-order valence-corrected chi connectivity index (χ1v) is 13.4. The van der Waals surface area contributed by atoms with E-state index < -0.39 is 29.3 Å². The average molecular weight is 563 g/mol. The fourth-order valence-corrected chi connectivity index (χ4v) is 6.56. The van der Waals surface area contributed by atoms with Gasteiger partial charge in [0.25, 0.3) is 5.56 Å². The van der Waals surface area contributed by atoms with Gasteiger partial charge < -0.3 is 14.2 Å². The SMILES string of the molecule is COc1ccc(/C=c2/sc3n(c2=O)[C@@H]2c4ccccc4O[C@](C)(N=3)[C@H]2C(C)=O)cc1COc1ccc(F)cc1F. The summed E-state index contributed by atoms with van der Waals surface area (Å²) in [7, 11) is 1.51. The molecule has 40 heavy (non-hydrogen) atoms. The summed E-state index contributed by atoms with van der Waals surface area (Å²) in [4.78, 5) is 31.8. The number of methoxy groups -OCH3 is 1. The second-order valence-electron chi connectivity index (χ2n) is 9.84. The van der Waals surface area contributed by atoms with E-state index in [1.807, 2.05) is 24.3 Å². The zero-order valence-electron chi connectivity index (χ0n) is 21.8. The number of aromatic nitrogens is 1. The maximum atomic E-state index is 14.1. The standard InChI is InChI=1S/C30H24F2N2O5S/c1-16(35)26-27-20-6-4-5-7-23(20)39-30(26,2)33-29-34(27)28(36)25(40-29)13-17-8-10-22(37-3)18(12-17)15-38-24-11-9-19(31)14-21(24)32/h4-14,26-27H,15H2,1-3H3/b25-13+/t26-,27+,30-/m0/s1. The fraction of sp³-hybridized carbons (Fsp3) is 0.233. The van der Waals surface area contributed by atoms with Gasteiger partial charge in [-0.1, -0.05) is 35.6 Å². The minimum atomic E-state index is -1.14. The molecule has 0 radical (unpaired) electrons. The molecule has 0 unspecified atom stereocenters. The van der Waals surface area contributed by atoms with E-state index in [1.165, 1.54) is 31.4 Å². The molecule has 2 aliphatic heterocycles. The smallest absolute Gasteiger partial charge is 0.270 e. The second-order valence-corrected chi connectivity index (χ2v) is 10.9. The van der Waals surface area contributed by atoms with E-state index in [2.05, 4.69) is 0 Å². The van der Waals surface area contributed by atoms with Crippen LogP contribution in [0, 0.1) is 17.6 Å². The van der Waals surface area contributed by atoms with Gasteiger partial charge in [-0.05, 0) is 55.8 Å². The van der Waals surface area contributed by atoms with Crippen LogP contribution in [0.3, 0.4) is 0 Å². The maximum Gasteiger partial charge on any atom is 0.270 e. The number of halogens is 2. The van der Waals surface area contributed by atoms with Gasteiger partial charge >= 0.3 is 0 Å². The molecule has 0 saturated carbocycles. The summed E-state index contributed by atoms with van der Waals surface area (Å²) in [6.45, 7) is 3.23. The number of rotatable bonds is 6. The molecule has 3 atom stereocenters. The zero-order chi connectivity index (χ0) is 28.2. The Balaban J connectivity index is 1.42. The summed E-state index contributed by atoms with van der Waals surface area (Å²) in [6.07, 6.45) is 1.73. The van der Waals surface area contributed by atoms with Crippen molar-refractivity contribution in [3.63, 3.8) is 0 Å². The Kier molecular flexibility index (Phi) is 6.29. The molecule has 6 rings (SSSR count). The van der Waals surface area contributed by atoms with Crippen LogP contribution in [0.2, 0.25) is 0 Å². The van der Waals surface area contributed by atoms with Crippen molar-refractivity contribution in [2.75, 3.05) is 7.11 Å². The van der Waals surface area contributed by atoms with Crippen LogP contribution in [0.5, 0.6) is 17.2 Å². The maximum absolute atomic E-state index is 14.1. The number of nitrogens with zero attached hydrogens (tertiary/aromatic N) is 2. The van der Waals surface area contributed by atoms with Crippen LogP contribution in [-0.2, 0) is 11.4 Å². The molecule has 10 heteroatoms. The topological polar surface area (TPSA) is 79.1 Å². The second kappa shape index (κ2) is 9.71. The highest BCUT2D eigenvalue weighted by Crippen LogP contribution is 2.47. The Morgan fingerprint density at radius 2 is 1.93 bits per heavy atom. The van der Waals surface area contributed by atoms with Crippen LogP contribution in [-0.4, -0.2) is 23.2 Å². The number of ether oxygens (including phenoxy) is 3. The van der Waals surface area contributed by atoms with Crippen molar-refractivity contribution in [1.82, 2.24) is 4.57 Å². The number of benzene rings is 3. The van der Waals surface area contributed by atoms with Crippen molar-refractivity contribution >= 4 is 23.2 Å². The number of ketones is 1. The van der Waals surface area contributed by atoms with Crippen LogP contribution in [0.1, 0.15) is 36.6 Å². The van der Waals surface area contributed by atoms with Gasteiger partial charge in [-0.3, -0.25) is 14.2 Å². The Labute approximate surface area is 231 Å².